The minimum atomic E-state index is 0.333. The van der Waals surface area contributed by atoms with Gasteiger partial charge in [0.25, 0.3) is 0 Å². The highest BCUT2D eigenvalue weighted by Crippen LogP contribution is 2.45. The molecule has 1 saturated carbocycles. The second-order valence-electron chi connectivity index (χ2n) is 11.2. The number of imidazole rings is 2. The number of piperidine rings is 1. The molecule has 6 heteroatoms. The third-order valence-electron chi connectivity index (χ3n) is 8.47. The van der Waals surface area contributed by atoms with Gasteiger partial charge in [-0.2, -0.15) is 0 Å². The summed E-state index contributed by atoms with van der Waals surface area (Å²) in [7, 11) is 0. The zero-order valence-corrected chi connectivity index (χ0v) is 20.4. The van der Waals surface area contributed by atoms with Crippen LogP contribution in [0.5, 0.6) is 0 Å². The number of nitrogens with zero attached hydrogens (tertiary/aromatic N) is 2. The first-order chi connectivity index (χ1) is 17.7. The van der Waals surface area contributed by atoms with Gasteiger partial charge in [-0.3, -0.25) is 0 Å². The predicted molar refractivity (Wildman–Crippen MR) is 144 cm³/mol. The molecule has 4 N–H and O–H groups in total. The van der Waals surface area contributed by atoms with Crippen molar-refractivity contribution in [2.24, 2.45) is 11.8 Å². The lowest BCUT2D eigenvalue weighted by Gasteiger charge is -2.08. The number of aromatic nitrogens is 4. The molecule has 1 unspecified atom stereocenters. The zero-order valence-electron chi connectivity index (χ0n) is 20.4. The minimum Gasteiger partial charge on any atom is -0.341 e. The maximum atomic E-state index is 4.87. The SMILES string of the molecule is C[C@H]1CN[C@H](c2ncc(-c3ccc4cc(-c5ccc6nc([C@@H]7C[C@H]8CC8N7)[nH]c6c5)ccc4c3)[nH]2)C1. The Hall–Kier alpha value is -3.48. The Morgan fingerprint density at radius 2 is 1.58 bits per heavy atom. The molecule has 2 aliphatic heterocycles. The van der Waals surface area contributed by atoms with Crippen molar-refractivity contribution >= 4 is 21.8 Å². The maximum absolute atomic E-state index is 4.87. The van der Waals surface area contributed by atoms with Crippen LogP contribution < -0.4 is 10.6 Å². The van der Waals surface area contributed by atoms with Crippen molar-refractivity contribution in [1.82, 2.24) is 30.6 Å². The lowest BCUT2D eigenvalue weighted by molar-refractivity contribution is 0.544. The smallest absolute Gasteiger partial charge is 0.124 e. The molecule has 1 aliphatic carbocycles. The van der Waals surface area contributed by atoms with E-state index >= 15 is 0 Å². The molecule has 0 bridgehead atoms. The number of aromatic amines is 2. The Balaban J connectivity index is 1.07. The Labute approximate surface area is 209 Å². The molecule has 3 aromatic carbocycles. The number of H-pyrrole nitrogens is 2. The number of benzene rings is 3. The van der Waals surface area contributed by atoms with Crippen LogP contribution in [0.25, 0.3) is 44.2 Å². The fourth-order valence-electron chi connectivity index (χ4n) is 6.28. The molecule has 0 amide bonds. The largest absolute Gasteiger partial charge is 0.341 e. The van der Waals surface area contributed by atoms with Crippen molar-refractivity contribution < 1.29 is 0 Å². The average Bonchev–Trinajstić information content (AvgIpc) is 3.43. The molecule has 3 aliphatic rings. The van der Waals surface area contributed by atoms with E-state index in [-0.39, 0.29) is 0 Å². The molecule has 180 valence electrons. The quantitative estimate of drug-likeness (QED) is 0.263. The Kier molecular flexibility index (Phi) is 4.46. The first-order valence-corrected chi connectivity index (χ1v) is 13.2. The van der Waals surface area contributed by atoms with Crippen LogP contribution in [0.15, 0.2) is 60.8 Å². The molecule has 5 atom stereocenters. The molecule has 0 spiro atoms. The van der Waals surface area contributed by atoms with E-state index in [1.54, 1.807) is 0 Å². The summed E-state index contributed by atoms with van der Waals surface area (Å²) < 4.78 is 0. The van der Waals surface area contributed by atoms with Gasteiger partial charge >= 0.3 is 0 Å². The molecule has 5 aromatic rings. The van der Waals surface area contributed by atoms with Gasteiger partial charge in [0.1, 0.15) is 11.6 Å². The first-order valence-electron chi connectivity index (χ1n) is 13.2. The summed E-state index contributed by atoms with van der Waals surface area (Å²) in [5, 5.41) is 9.74. The van der Waals surface area contributed by atoms with Gasteiger partial charge in [-0.25, -0.2) is 9.97 Å². The molecule has 6 nitrogen and oxygen atoms in total. The summed E-state index contributed by atoms with van der Waals surface area (Å²) in [6.45, 7) is 3.35. The van der Waals surface area contributed by atoms with E-state index in [1.165, 1.54) is 40.3 Å². The average molecular weight is 475 g/mol. The van der Waals surface area contributed by atoms with E-state index in [0.717, 1.165) is 53.3 Å². The van der Waals surface area contributed by atoms with E-state index in [2.05, 4.69) is 87.1 Å². The Bertz CT molecular complexity index is 1600. The van der Waals surface area contributed by atoms with Crippen LogP contribution in [-0.4, -0.2) is 32.5 Å². The highest BCUT2D eigenvalue weighted by atomic mass is 15.1. The molecular formula is C30H30N6. The van der Waals surface area contributed by atoms with Gasteiger partial charge in [-0.05, 0) is 83.8 Å². The molecular weight excluding hydrogens is 444 g/mol. The molecule has 2 saturated heterocycles. The number of nitrogens with one attached hydrogen (secondary N) is 4. The van der Waals surface area contributed by atoms with E-state index in [9.17, 15) is 0 Å². The fourth-order valence-corrected chi connectivity index (χ4v) is 6.28. The van der Waals surface area contributed by atoms with E-state index in [1.807, 2.05) is 6.20 Å². The Morgan fingerprint density at radius 3 is 2.39 bits per heavy atom. The van der Waals surface area contributed by atoms with Crippen LogP contribution in [-0.2, 0) is 0 Å². The topological polar surface area (TPSA) is 81.4 Å². The highest BCUT2D eigenvalue weighted by molar-refractivity contribution is 5.91. The number of fused-ring (bicyclic) bond motifs is 3. The van der Waals surface area contributed by atoms with Gasteiger partial charge in [0, 0.05) is 11.6 Å². The maximum Gasteiger partial charge on any atom is 0.124 e. The molecule has 36 heavy (non-hydrogen) atoms. The monoisotopic (exact) mass is 474 g/mol. The summed E-state index contributed by atoms with van der Waals surface area (Å²) >= 11 is 0. The van der Waals surface area contributed by atoms with E-state index in [4.69, 9.17) is 4.98 Å². The lowest BCUT2D eigenvalue weighted by Crippen LogP contribution is -2.18. The zero-order chi connectivity index (χ0) is 23.8. The van der Waals surface area contributed by atoms with Gasteiger partial charge in [-0.1, -0.05) is 37.3 Å². The van der Waals surface area contributed by atoms with Crippen molar-refractivity contribution in [2.45, 2.75) is 44.3 Å². The second-order valence-corrected chi connectivity index (χ2v) is 11.2. The van der Waals surface area contributed by atoms with Gasteiger partial charge in [0.05, 0.1) is 35.0 Å². The summed E-state index contributed by atoms with van der Waals surface area (Å²) in [5.41, 5.74) is 6.84. The number of rotatable bonds is 4. The highest BCUT2D eigenvalue weighted by Gasteiger charge is 2.46. The lowest BCUT2D eigenvalue weighted by atomic mass is 9.99. The summed E-state index contributed by atoms with van der Waals surface area (Å²) in [6, 6.07) is 21.4. The van der Waals surface area contributed by atoms with Crippen LogP contribution in [0.1, 0.15) is 49.9 Å². The normalized spacial score (nSPS) is 27.2. The fraction of sp³-hybridized carbons (Fsp3) is 0.333. The van der Waals surface area contributed by atoms with Crippen molar-refractivity contribution in [3.05, 3.63) is 72.4 Å². The van der Waals surface area contributed by atoms with Crippen molar-refractivity contribution in [1.29, 1.82) is 0 Å². The van der Waals surface area contributed by atoms with Crippen molar-refractivity contribution in [3.63, 3.8) is 0 Å². The van der Waals surface area contributed by atoms with Gasteiger partial charge in [0.2, 0.25) is 0 Å². The number of hydrogen-bond acceptors (Lipinski definition) is 4. The summed E-state index contributed by atoms with van der Waals surface area (Å²) in [5.74, 6) is 3.69. The molecule has 3 fully saturated rings. The minimum absolute atomic E-state index is 0.333. The van der Waals surface area contributed by atoms with Gasteiger partial charge in [0.15, 0.2) is 0 Å². The van der Waals surface area contributed by atoms with Crippen molar-refractivity contribution in [3.8, 4) is 22.4 Å². The third kappa shape index (κ3) is 3.47. The van der Waals surface area contributed by atoms with E-state index < -0.39 is 0 Å². The Morgan fingerprint density at radius 1 is 0.778 bits per heavy atom. The molecule has 8 rings (SSSR count). The standard InChI is InChI=1S/C30H30N6/c1-16-8-26(31-14-16)29-32-15-28(36-29)21-5-4-17-9-18(2-3-19(17)10-21)20-6-7-23-25(11-20)35-30(34-23)27-13-22-12-24(22)33-27/h2-7,9-11,15-16,22,24,26-27,31,33H,8,12-14H2,1H3,(H,32,36)(H,34,35)/t16-,22-,24?,26+,27+/m1/s1. The van der Waals surface area contributed by atoms with Gasteiger partial charge in [-0.15, -0.1) is 0 Å². The summed E-state index contributed by atoms with van der Waals surface area (Å²) in [6.07, 6.45) is 5.65. The summed E-state index contributed by atoms with van der Waals surface area (Å²) in [4.78, 5) is 16.7. The predicted octanol–water partition coefficient (Wildman–Crippen LogP) is 5.87. The molecule has 0 radical (unpaired) electrons. The van der Waals surface area contributed by atoms with Gasteiger partial charge < -0.3 is 20.6 Å². The third-order valence-corrected chi connectivity index (χ3v) is 8.47. The first kappa shape index (κ1) is 20.7. The van der Waals surface area contributed by atoms with Crippen LogP contribution in [0.4, 0.5) is 0 Å². The molecule has 4 heterocycles. The van der Waals surface area contributed by atoms with Crippen LogP contribution in [0.3, 0.4) is 0 Å². The molecule has 2 aromatic heterocycles. The van der Waals surface area contributed by atoms with Crippen LogP contribution >= 0.6 is 0 Å². The van der Waals surface area contributed by atoms with Crippen LogP contribution in [0.2, 0.25) is 0 Å². The van der Waals surface area contributed by atoms with E-state index in [0.29, 0.717) is 18.0 Å². The number of hydrogen-bond donors (Lipinski definition) is 4. The van der Waals surface area contributed by atoms with Crippen LogP contribution in [0, 0.1) is 11.8 Å². The second kappa shape index (κ2) is 7.76. The van der Waals surface area contributed by atoms with Crippen molar-refractivity contribution in [2.75, 3.05) is 6.54 Å².